The van der Waals surface area contributed by atoms with Gasteiger partial charge in [0.05, 0.1) is 12.1 Å². The van der Waals surface area contributed by atoms with Gasteiger partial charge in [-0.1, -0.05) is 55.8 Å². The minimum atomic E-state index is 0.802. The molecule has 1 radical (unpaired) electrons. The standard InChI is InChI=1S/C17H17N2/c1-2-5-14-8-10-15(11-9-14)13-19-17-7-4-3-6-16(17)12-18-19/h3-4,6-11H,2,5,13H2,1H3. The highest BCUT2D eigenvalue weighted by Crippen LogP contribution is 2.14. The van der Waals surface area contributed by atoms with E-state index in [2.05, 4.69) is 48.6 Å². The molecule has 1 aromatic heterocycles. The van der Waals surface area contributed by atoms with Crippen LogP contribution in [0, 0.1) is 6.20 Å². The predicted molar refractivity (Wildman–Crippen MR) is 78.1 cm³/mol. The van der Waals surface area contributed by atoms with E-state index in [9.17, 15) is 0 Å². The average Bonchev–Trinajstić information content (AvgIpc) is 2.85. The van der Waals surface area contributed by atoms with E-state index in [0.29, 0.717) is 0 Å². The molecule has 0 amide bonds. The van der Waals surface area contributed by atoms with Gasteiger partial charge in [0.1, 0.15) is 6.20 Å². The SMILES string of the molecule is CCCc1ccc(Cn2n[c]c3ccccc32)cc1. The molecule has 0 saturated heterocycles. The maximum absolute atomic E-state index is 4.34. The molecule has 0 fully saturated rings. The molecular weight excluding hydrogens is 232 g/mol. The van der Waals surface area contributed by atoms with Gasteiger partial charge in [-0.3, -0.25) is 4.68 Å². The van der Waals surface area contributed by atoms with Gasteiger partial charge in [0.25, 0.3) is 0 Å². The number of aryl methyl sites for hydroxylation is 1. The molecule has 0 spiro atoms. The van der Waals surface area contributed by atoms with Crippen molar-refractivity contribution in [3.8, 4) is 0 Å². The highest BCUT2D eigenvalue weighted by atomic mass is 15.3. The second kappa shape index (κ2) is 5.27. The number of hydrogen-bond donors (Lipinski definition) is 0. The molecule has 0 aliphatic rings. The van der Waals surface area contributed by atoms with Crippen LogP contribution in [-0.2, 0) is 13.0 Å². The Bertz CT molecular complexity index is 665. The van der Waals surface area contributed by atoms with Crippen LogP contribution < -0.4 is 0 Å². The first-order valence-corrected chi connectivity index (χ1v) is 6.78. The van der Waals surface area contributed by atoms with Gasteiger partial charge in [-0.25, -0.2) is 0 Å². The maximum Gasteiger partial charge on any atom is 0.121 e. The summed E-state index contributed by atoms with van der Waals surface area (Å²) in [5, 5.41) is 5.42. The molecule has 0 aliphatic heterocycles. The predicted octanol–water partition coefficient (Wildman–Crippen LogP) is 3.84. The Labute approximate surface area is 113 Å². The fraction of sp³-hybridized carbons (Fsp3) is 0.235. The fourth-order valence-electron chi connectivity index (χ4n) is 2.35. The molecule has 0 aliphatic carbocycles. The van der Waals surface area contributed by atoms with Crippen molar-refractivity contribution >= 4 is 10.9 Å². The molecule has 0 N–H and O–H groups in total. The third-order valence-corrected chi connectivity index (χ3v) is 3.37. The van der Waals surface area contributed by atoms with Crippen LogP contribution in [0.4, 0.5) is 0 Å². The topological polar surface area (TPSA) is 17.8 Å². The van der Waals surface area contributed by atoms with E-state index in [4.69, 9.17) is 0 Å². The van der Waals surface area contributed by atoms with Gasteiger partial charge in [-0.05, 0) is 23.6 Å². The molecule has 0 bridgehead atoms. The van der Waals surface area contributed by atoms with Crippen LogP contribution >= 0.6 is 0 Å². The van der Waals surface area contributed by atoms with Crippen molar-refractivity contribution in [3.05, 3.63) is 65.9 Å². The van der Waals surface area contributed by atoms with Crippen molar-refractivity contribution in [2.45, 2.75) is 26.3 Å². The lowest BCUT2D eigenvalue weighted by atomic mass is 10.1. The normalized spacial score (nSPS) is 11.0. The summed E-state index contributed by atoms with van der Waals surface area (Å²) < 4.78 is 2.00. The van der Waals surface area contributed by atoms with Gasteiger partial charge < -0.3 is 0 Å². The highest BCUT2D eigenvalue weighted by molar-refractivity contribution is 5.77. The van der Waals surface area contributed by atoms with Crippen LogP contribution in [0.3, 0.4) is 0 Å². The number of benzene rings is 2. The van der Waals surface area contributed by atoms with Gasteiger partial charge in [-0.15, -0.1) is 0 Å². The van der Waals surface area contributed by atoms with Gasteiger partial charge in [0, 0.05) is 5.39 Å². The lowest BCUT2D eigenvalue weighted by Crippen LogP contribution is -2.01. The first-order valence-electron chi connectivity index (χ1n) is 6.78. The quantitative estimate of drug-likeness (QED) is 0.687. The van der Waals surface area contributed by atoms with E-state index in [1.807, 2.05) is 22.9 Å². The van der Waals surface area contributed by atoms with Gasteiger partial charge in [0.15, 0.2) is 0 Å². The molecule has 2 heteroatoms. The second-order valence-electron chi connectivity index (χ2n) is 4.85. The highest BCUT2D eigenvalue weighted by Gasteiger charge is 2.03. The Morgan fingerprint density at radius 3 is 2.53 bits per heavy atom. The van der Waals surface area contributed by atoms with Crippen LogP contribution in [0.25, 0.3) is 10.9 Å². The minimum Gasteiger partial charge on any atom is -0.260 e. The molecule has 3 rings (SSSR count). The minimum absolute atomic E-state index is 0.802. The van der Waals surface area contributed by atoms with E-state index < -0.39 is 0 Å². The van der Waals surface area contributed by atoms with Crippen molar-refractivity contribution in [3.63, 3.8) is 0 Å². The summed E-state index contributed by atoms with van der Waals surface area (Å²) in [4.78, 5) is 0. The molecule has 0 saturated carbocycles. The zero-order valence-electron chi connectivity index (χ0n) is 11.1. The number of nitrogens with zero attached hydrogens (tertiary/aromatic N) is 2. The third-order valence-electron chi connectivity index (χ3n) is 3.37. The number of aromatic nitrogens is 2. The van der Waals surface area contributed by atoms with Crippen molar-refractivity contribution in [1.29, 1.82) is 0 Å². The Morgan fingerprint density at radius 2 is 1.74 bits per heavy atom. The zero-order chi connectivity index (χ0) is 13.1. The van der Waals surface area contributed by atoms with Crippen molar-refractivity contribution in [1.82, 2.24) is 9.78 Å². The Balaban J connectivity index is 1.84. The molecular formula is C17H17N2. The maximum atomic E-state index is 4.34. The summed E-state index contributed by atoms with van der Waals surface area (Å²) in [5.74, 6) is 0. The smallest absolute Gasteiger partial charge is 0.121 e. The van der Waals surface area contributed by atoms with Crippen LogP contribution in [0.1, 0.15) is 24.5 Å². The van der Waals surface area contributed by atoms with Crippen molar-refractivity contribution < 1.29 is 0 Å². The van der Waals surface area contributed by atoms with E-state index >= 15 is 0 Å². The number of hydrogen-bond acceptors (Lipinski definition) is 1. The molecule has 1 heterocycles. The zero-order valence-corrected chi connectivity index (χ0v) is 11.1. The number of rotatable bonds is 4. The fourth-order valence-corrected chi connectivity index (χ4v) is 2.35. The summed E-state index contributed by atoms with van der Waals surface area (Å²) in [6.07, 6.45) is 5.40. The molecule has 0 unspecified atom stereocenters. The monoisotopic (exact) mass is 249 g/mol. The first-order chi connectivity index (χ1) is 9.36. The van der Waals surface area contributed by atoms with Gasteiger partial charge in [0.2, 0.25) is 0 Å². The largest absolute Gasteiger partial charge is 0.260 e. The van der Waals surface area contributed by atoms with Gasteiger partial charge in [-0.2, -0.15) is 5.10 Å². The average molecular weight is 249 g/mol. The summed E-state index contributed by atoms with van der Waals surface area (Å²) in [6, 6.07) is 17.0. The summed E-state index contributed by atoms with van der Waals surface area (Å²) in [7, 11) is 0. The lowest BCUT2D eigenvalue weighted by Gasteiger charge is -2.05. The number of para-hydroxylation sites is 1. The van der Waals surface area contributed by atoms with Crippen LogP contribution in [0.15, 0.2) is 48.5 Å². The summed E-state index contributed by atoms with van der Waals surface area (Å²) in [6.45, 7) is 3.01. The van der Waals surface area contributed by atoms with Crippen LogP contribution in [-0.4, -0.2) is 9.78 Å². The Hall–Kier alpha value is -2.09. The van der Waals surface area contributed by atoms with E-state index in [-0.39, 0.29) is 0 Å². The van der Waals surface area contributed by atoms with E-state index in [1.54, 1.807) is 0 Å². The van der Waals surface area contributed by atoms with Crippen LogP contribution in [0.2, 0.25) is 0 Å². The molecule has 2 nitrogen and oxygen atoms in total. The molecule has 0 atom stereocenters. The van der Waals surface area contributed by atoms with Crippen LogP contribution in [0.5, 0.6) is 0 Å². The Kier molecular flexibility index (Phi) is 3.32. The lowest BCUT2D eigenvalue weighted by molar-refractivity contribution is 0.709. The van der Waals surface area contributed by atoms with E-state index in [0.717, 1.165) is 23.9 Å². The number of fused-ring (bicyclic) bond motifs is 1. The third kappa shape index (κ3) is 2.53. The summed E-state index contributed by atoms with van der Waals surface area (Å²) in [5.41, 5.74) is 3.82. The molecule has 95 valence electrons. The van der Waals surface area contributed by atoms with E-state index in [1.165, 1.54) is 17.5 Å². The van der Waals surface area contributed by atoms with Crippen molar-refractivity contribution in [2.24, 2.45) is 0 Å². The Morgan fingerprint density at radius 1 is 1.00 bits per heavy atom. The van der Waals surface area contributed by atoms with Gasteiger partial charge >= 0.3 is 0 Å². The molecule has 3 aromatic rings. The molecule has 2 aromatic carbocycles. The van der Waals surface area contributed by atoms with Crippen molar-refractivity contribution in [2.75, 3.05) is 0 Å². The molecule has 19 heavy (non-hydrogen) atoms. The summed E-state index contributed by atoms with van der Waals surface area (Å²) >= 11 is 0. The second-order valence-corrected chi connectivity index (χ2v) is 4.85. The first kappa shape index (κ1) is 12.0.